The number of hydrogen-bond donors (Lipinski definition) is 2. The molecule has 0 unspecified atom stereocenters. The molecule has 1 saturated carbocycles. The molecule has 2 amide bonds. The third-order valence-electron chi connectivity index (χ3n) is 3.51. The molecule has 0 aliphatic heterocycles. The zero-order valence-corrected chi connectivity index (χ0v) is 11.9. The van der Waals surface area contributed by atoms with E-state index in [1.807, 2.05) is 13.8 Å². The van der Waals surface area contributed by atoms with Crippen LogP contribution in [0.5, 0.6) is 0 Å². The van der Waals surface area contributed by atoms with E-state index in [0.717, 1.165) is 12.8 Å². The average molecular weight is 272 g/mol. The van der Waals surface area contributed by atoms with E-state index >= 15 is 0 Å². The monoisotopic (exact) mass is 272 g/mol. The molecule has 6 heteroatoms. The molecule has 110 valence electrons. The summed E-state index contributed by atoms with van der Waals surface area (Å²) in [5, 5.41) is 17.9. The molecule has 0 atom stereocenters. The number of carbonyl (C=O) groups is 2. The number of hydrogen-bond acceptors (Lipinski definition) is 3. The van der Waals surface area contributed by atoms with Crippen LogP contribution in [0.2, 0.25) is 0 Å². The molecule has 1 rings (SSSR count). The summed E-state index contributed by atoms with van der Waals surface area (Å²) in [4.78, 5) is 26.1. The number of amides is 2. The van der Waals surface area contributed by atoms with Crippen LogP contribution in [0, 0.1) is 5.92 Å². The Bertz CT molecular complexity index is 327. The number of carbonyl (C=O) groups excluding carboxylic acids is 1. The van der Waals surface area contributed by atoms with Crippen molar-refractivity contribution in [3.63, 3.8) is 0 Å². The Morgan fingerprint density at radius 2 is 1.89 bits per heavy atom. The first-order chi connectivity index (χ1) is 8.81. The van der Waals surface area contributed by atoms with Crippen molar-refractivity contribution in [2.75, 3.05) is 20.1 Å². The molecular weight excluding hydrogens is 248 g/mol. The lowest BCUT2D eigenvalue weighted by atomic mass is 9.82. The van der Waals surface area contributed by atoms with Gasteiger partial charge in [-0.1, -0.05) is 0 Å². The summed E-state index contributed by atoms with van der Waals surface area (Å²) in [5.74, 6) is -0.541. The second-order valence-corrected chi connectivity index (χ2v) is 5.59. The van der Waals surface area contributed by atoms with Gasteiger partial charge in [0.1, 0.15) is 0 Å². The molecule has 1 fully saturated rings. The topological polar surface area (TPSA) is 81.1 Å². The zero-order valence-electron chi connectivity index (χ0n) is 11.9. The number of carboxylic acid groups (broad SMARTS) is 1. The highest BCUT2D eigenvalue weighted by Crippen LogP contribution is 2.27. The van der Waals surface area contributed by atoms with E-state index in [2.05, 4.69) is 0 Å². The van der Waals surface area contributed by atoms with E-state index in [0.29, 0.717) is 12.5 Å². The lowest BCUT2D eigenvalue weighted by molar-refractivity contribution is -0.137. The quantitative estimate of drug-likeness (QED) is 0.755. The smallest absolute Gasteiger partial charge is 0.319 e. The van der Waals surface area contributed by atoms with Crippen LogP contribution in [0.1, 0.15) is 33.1 Å². The van der Waals surface area contributed by atoms with Crippen LogP contribution in [0.25, 0.3) is 0 Å². The van der Waals surface area contributed by atoms with E-state index < -0.39 is 5.97 Å². The van der Waals surface area contributed by atoms with Gasteiger partial charge >= 0.3 is 12.0 Å². The van der Waals surface area contributed by atoms with Crippen molar-refractivity contribution in [2.45, 2.75) is 45.3 Å². The summed E-state index contributed by atoms with van der Waals surface area (Å²) in [5.41, 5.74) is 0. The van der Waals surface area contributed by atoms with Gasteiger partial charge in [-0.2, -0.15) is 0 Å². The van der Waals surface area contributed by atoms with Crippen LogP contribution in [-0.4, -0.2) is 64.3 Å². The highest BCUT2D eigenvalue weighted by atomic mass is 16.4. The molecule has 0 bridgehead atoms. The molecule has 0 radical (unpaired) electrons. The zero-order chi connectivity index (χ0) is 14.6. The molecular formula is C13H24N2O4. The molecule has 0 heterocycles. The second kappa shape index (κ2) is 6.75. The number of urea groups is 1. The number of aliphatic hydroxyl groups is 1. The van der Waals surface area contributed by atoms with E-state index in [9.17, 15) is 14.7 Å². The van der Waals surface area contributed by atoms with Gasteiger partial charge in [-0.25, -0.2) is 4.79 Å². The van der Waals surface area contributed by atoms with E-state index in [1.165, 1.54) is 0 Å². The van der Waals surface area contributed by atoms with Gasteiger partial charge in [-0.05, 0) is 32.6 Å². The fourth-order valence-corrected chi connectivity index (χ4v) is 2.33. The lowest BCUT2D eigenvalue weighted by Crippen LogP contribution is -2.48. The Morgan fingerprint density at radius 3 is 2.32 bits per heavy atom. The maximum Gasteiger partial charge on any atom is 0.319 e. The molecule has 19 heavy (non-hydrogen) atoms. The van der Waals surface area contributed by atoms with Gasteiger partial charge in [0.25, 0.3) is 0 Å². The second-order valence-electron chi connectivity index (χ2n) is 5.59. The summed E-state index contributed by atoms with van der Waals surface area (Å²) < 4.78 is 0. The average Bonchev–Trinajstić information content (AvgIpc) is 2.25. The molecule has 1 aliphatic rings. The van der Waals surface area contributed by atoms with Gasteiger partial charge in [0.15, 0.2) is 0 Å². The summed E-state index contributed by atoms with van der Waals surface area (Å²) in [6, 6.07) is -0.168. The number of carboxylic acids is 1. The Balaban J connectivity index is 2.47. The van der Waals surface area contributed by atoms with Crippen LogP contribution >= 0.6 is 0 Å². The van der Waals surface area contributed by atoms with Crippen LogP contribution in [0.3, 0.4) is 0 Å². The molecule has 0 aromatic rings. The largest absolute Gasteiger partial charge is 0.481 e. The van der Waals surface area contributed by atoms with Crippen LogP contribution < -0.4 is 0 Å². The van der Waals surface area contributed by atoms with Crippen molar-refractivity contribution >= 4 is 12.0 Å². The summed E-state index contributed by atoms with van der Waals surface area (Å²) >= 11 is 0. The minimum absolute atomic E-state index is 0.0266. The number of rotatable bonds is 6. The molecule has 2 N–H and O–H groups in total. The molecule has 1 aliphatic carbocycles. The third-order valence-corrected chi connectivity index (χ3v) is 3.51. The van der Waals surface area contributed by atoms with E-state index in [4.69, 9.17) is 5.11 Å². The van der Waals surface area contributed by atoms with Crippen molar-refractivity contribution in [1.29, 1.82) is 0 Å². The van der Waals surface area contributed by atoms with Gasteiger partial charge in [0.05, 0.1) is 12.5 Å². The van der Waals surface area contributed by atoms with Crippen molar-refractivity contribution in [1.82, 2.24) is 9.80 Å². The summed E-state index contributed by atoms with van der Waals surface area (Å²) in [6.45, 7) is 4.59. The first kappa shape index (κ1) is 15.8. The normalized spacial score (nSPS) is 21.9. The first-order valence-electron chi connectivity index (χ1n) is 6.72. The number of aliphatic carboxylic acids is 1. The van der Waals surface area contributed by atoms with E-state index in [1.54, 1.807) is 16.8 Å². The maximum absolute atomic E-state index is 12.3. The Labute approximate surface area is 114 Å². The van der Waals surface area contributed by atoms with Gasteiger partial charge in [0.2, 0.25) is 0 Å². The highest BCUT2D eigenvalue weighted by molar-refractivity contribution is 5.75. The predicted octanol–water partition coefficient (Wildman–Crippen LogP) is 0.994. The summed E-state index contributed by atoms with van der Waals surface area (Å²) in [7, 11) is 1.73. The Morgan fingerprint density at radius 1 is 1.32 bits per heavy atom. The first-order valence-corrected chi connectivity index (χ1v) is 6.72. The third kappa shape index (κ3) is 4.70. The molecule has 0 aromatic heterocycles. The van der Waals surface area contributed by atoms with Crippen molar-refractivity contribution in [2.24, 2.45) is 5.92 Å². The van der Waals surface area contributed by atoms with Gasteiger partial charge in [-0.3, -0.25) is 4.79 Å². The molecule has 0 saturated heterocycles. The van der Waals surface area contributed by atoms with Crippen molar-refractivity contribution in [3.05, 3.63) is 0 Å². The van der Waals surface area contributed by atoms with Crippen molar-refractivity contribution in [3.8, 4) is 0 Å². The Hall–Kier alpha value is -1.30. The van der Waals surface area contributed by atoms with Crippen LogP contribution in [-0.2, 0) is 4.79 Å². The molecule has 0 aromatic carbocycles. The minimum atomic E-state index is -0.900. The van der Waals surface area contributed by atoms with Gasteiger partial charge in [0, 0.05) is 26.2 Å². The SMILES string of the molecule is CC(C)N(CCC(=O)O)C(=O)N(C)CC1CC(O)C1. The summed E-state index contributed by atoms with van der Waals surface area (Å²) in [6.07, 6.45) is 1.23. The number of nitrogens with zero attached hydrogens (tertiary/aromatic N) is 2. The Kier molecular flexibility index (Phi) is 5.60. The van der Waals surface area contributed by atoms with Gasteiger partial charge < -0.3 is 20.0 Å². The molecule has 0 spiro atoms. The lowest BCUT2D eigenvalue weighted by Gasteiger charge is -2.37. The minimum Gasteiger partial charge on any atom is -0.481 e. The standard InChI is InChI=1S/C13H24N2O4/c1-9(2)15(5-4-12(17)18)13(19)14(3)8-10-6-11(16)7-10/h9-11,16H,4-8H2,1-3H3,(H,17,18). The van der Waals surface area contributed by atoms with Crippen LogP contribution in [0.4, 0.5) is 4.79 Å². The van der Waals surface area contributed by atoms with Crippen molar-refractivity contribution < 1.29 is 19.8 Å². The number of aliphatic hydroxyl groups excluding tert-OH is 1. The van der Waals surface area contributed by atoms with Crippen LogP contribution in [0.15, 0.2) is 0 Å². The fourth-order valence-electron chi connectivity index (χ4n) is 2.33. The maximum atomic E-state index is 12.3. The predicted molar refractivity (Wildman–Crippen MR) is 70.9 cm³/mol. The molecule has 6 nitrogen and oxygen atoms in total. The van der Waals surface area contributed by atoms with Gasteiger partial charge in [-0.15, -0.1) is 0 Å². The highest BCUT2D eigenvalue weighted by Gasteiger charge is 2.30. The van der Waals surface area contributed by atoms with E-state index in [-0.39, 0.29) is 31.1 Å². The fraction of sp³-hybridized carbons (Fsp3) is 0.846.